The van der Waals surface area contributed by atoms with E-state index in [1.807, 2.05) is 21.1 Å². The van der Waals surface area contributed by atoms with Crippen molar-refractivity contribution in [3.05, 3.63) is 36.5 Å². The van der Waals surface area contributed by atoms with Crippen LogP contribution in [-0.2, 0) is 33.3 Å². The lowest BCUT2D eigenvalue weighted by molar-refractivity contribution is -0.870. The molecule has 0 saturated carbocycles. The highest BCUT2D eigenvalue weighted by molar-refractivity contribution is 5.70. The van der Waals surface area contributed by atoms with Gasteiger partial charge in [-0.05, 0) is 70.6 Å². The smallest absolute Gasteiger partial charge is 0.306 e. The number of unbranched alkanes of at least 4 members (excludes halogenated alkanes) is 34. The van der Waals surface area contributed by atoms with Crippen molar-refractivity contribution in [1.29, 1.82) is 0 Å². The predicted molar refractivity (Wildman–Crippen MR) is 293 cm³/mol. The van der Waals surface area contributed by atoms with E-state index in [1.165, 1.54) is 186 Å². The van der Waals surface area contributed by atoms with Gasteiger partial charge in [-0.1, -0.05) is 230 Å². The Balaban J connectivity index is 4.10. The lowest BCUT2D eigenvalue weighted by Crippen LogP contribution is -2.44. The van der Waals surface area contributed by atoms with Gasteiger partial charge < -0.3 is 33.3 Å². The van der Waals surface area contributed by atoms with Gasteiger partial charge in [-0.25, -0.2) is 0 Å². The largest absolute Gasteiger partial charge is 0.545 e. The topological polar surface area (TPSA) is 111 Å². The van der Waals surface area contributed by atoms with E-state index in [-0.39, 0.29) is 38.6 Å². The average Bonchev–Trinajstić information content (AvgIpc) is 3.33. The molecule has 0 aliphatic heterocycles. The molecule has 70 heavy (non-hydrogen) atoms. The van der Waals surface area contributed by atoms with Crippen molar-refractivity contribution in [3.63, 3.8) is 0 Å². The van der Waals surface area contributed by atoms with Crippen LogP contribution in [0.4, 0.5) is 0 Å². The van der Waals surface area contributed by atoms with Crippen LogP contribution in [0.2, 0.25) is 0 Å². The molecule has 0 radical (unpaired) electrons. The molecule has 2 unspecified atom stereocenters. The highest BCUT2D eigenvalue weighted by Gasteiger charge is 2.22. The Morgan fingerprint density at radius 2 is 0.771 bits per heavy atom. The Labute approximate surface area is 432 Å². The molecule has 0 heterocycles. The molecule has 0 aromatic rings. The van der Waals surface area contributed by atoms with Crippen molar-refractivity contribution < 1.29 is 42.9 Å². The number of carbonyl (C=O) groups excluding carboxylic acids is 3. The van der Waals surface area contributed by atoms with Crippen LogP contribution in [0, 0.1) is 0 Å². The minimum Gasteiger partial charge on any atom is -0.545 e. The molecule has 9 nitrogen and oxygen atoms in total. The fourth-order valence-electron chi connectivity index (χ4n) is 8.50. The fraction of sp³-hybridized carbons (Fsp3) is 0.852. The highest BCUT2D eigenvalue weighted by Crippen LogP contribution is 2.17. The molecule has 9 heteroatoms. The number of allylic oxidation sites excluding steroid dienone is 6. The van der Waals surface area contributed by atoms with Gasteiger partial charge in [-0.15, -0.1) is 0 Å². The van der Waals surface area contributed by atoms with Gasteiger partial charge in [0, 0.05) is 12.8 Å². The molecule has 0 bridgehead atoms. The summed E-state index contributed by atoms with van der Waals surface area (Å²) in [5, 5.41) is 11.8. The zero-order chi connectivity index (χ0) is 51.3. The molecular formula is C61H113NO8. The van der Waals surface area contributed by atoms with Crippen LogP contribution < -0.4 is 5.11 Å². The van der Waals surface area contributed by atoms with Crippen LogP contribution in [0.15, 0.2) is 36.5 Å². The molecule has 0 saturated heterocycles. The van der Waals surface area contributed by atoms with Crippen molar-refractivity contribution in [2.24, 2.45) is 0 Å². The first-order valence-corrected chi connectivity index (χ1v) is 29.6. The van der Waals surface area contributed by atoms with Gasteiger partial charge in [0.15, 0.2) is 12.4 Å². The third kappa shape index (κ3) is 53.3. The Morgan fingerprint density at radius 3 is 1.14 bits per heavy atom. The van der Waals surface area contributed by atoms with E-state index in [4.69, 9.17) is 18.9 Å². The van der Waals surface area contributed by atoms with Gasteiger partial charge in [-0.2, -0.15) is 0 Å². The zero-order valence-electron chi connectivity index (χ0n) is 46.7. The highest BCUT2D eigenvalue weighted by atomic mass is 16.7. The third-order valence-electron chi connectivity index (χ3n) is 13.1. The van der Waals surface area contributed by atoms with Crippen molar-refractivity contribution >= 4 is 17.9 Å². The molecule has 0 fully saturated rings. The van der Waals surface area contributed by atoms with Gasteiger partial charge in [-0.3, -0.25) is 9.59 Å². The second kappa shape index (κ2) is 52.8. The summed E-state index contributed by atoms with van der Waals surface area (Å²) in [4.78, 5) is 37.2. The number of hydrogen-bond donors (Lipinski definition) is 0. The summed E-state index contributed by atoms with van der Waals surface area (Å²) < 4.78 is 22.7. The third-order valence-corrected chi connectivity index (χ3v) is 13.1. The van der Waals surface area contributed by atoms with E-state index >= 15 is 0 Å². The van der Waals surface area contributed by atoms with Gasteiger partial charge in [0.25, 0.3) is 0 Å². The number of quaternary nitrogens is 1. The first-order valence-electron chi connectivity index (χ1n) is 29.6. The molecule has 0 aromatic heterocycles. The summed E-state index contributed by atoms with van der Waals surface area (Å²) in [6.07, 6.45) is 60.6. The van der Waals surface area contributed by atoms with Gasteiger partial charge >= 0.3 is 11.9 Å². The first-order chi connectivity index (χ1) is 34.1. The van der Waals surface area contributed by atoms with Crippen molar-refractivity contribution in [1.82, 2.24) is 0 Å². The zero-order valence-corrected chi connectivity index (χ0v) is 46.7. The van der Waals surface area contributed by atoms with Crippen molar-refractivity contribution in [2.75, 3.05) is 47.5 Å². The second-order valence-electron chi connectivity index (χ2n) is 21.3. The molecule has 0 N–H and O–H groups in total. The van der Waals surface area contributed by atoms with E-state index in [0.717, 1.165) is 57.8 Å². The molecular weight excluding hydrogens is 875 g/mol. The van der Waals surface area contributed by atoms with Gasteiger partial charge in [0.1, 0.15) is 13.2 Å². The molecule has 410 valence electrons. The Hall–Kier alpha value is -2.49. The number of nitrogens with zero attached hydrogens (tertiary/aromatic N) is 1. The Bertz CT molecular complexity index is 1240. The van der Waals surface area contributed by atoms with Crippen molar-refractivity contribution in [2.45, 2.75) is 289 Å². The molecule has 0 aliphatic carbocycles. The summed E-state index contributed by atoms with van der Waals surface area (Å²) in [6, 6.07) is 0. The summed E-state index contributed by atoms with van der Waals surface area (Å²) in [7, 11) is 5.92. The summed E-state index contributed by atoms with van der Waals surface area (Å²) in [6.45, 7) is 4.75. The quantitative estimate of drug-likeness (QED) is 0.0195. The number of ether oxygens (including phenoxy) is 4. The lowest BCUT2D eigenvalue weighted by Gasteiger charge is -2.26. The number of carboxylic acids is 1. The van der Waals surface area contributed by atoms with E-state index < -0.39 is 24.3 Å². The molecule has 0 rings (SSSR count). The van der Waals surface area contributed by atoms with E-state index in [2.05, 4.69) is 50.3 Å². The first kappa shape index (κ1) is 67.5. The number of likely N-dealkylation sites (N-methyl/N-ethyl adjacent to an activating group) is 1. The molecule has 0 aromatic carbocycles. The second-order valence-corrected chi connectivity index (χ2v) is 21.3. The number of aliphatic carboxylic acids is 1. The lowest BCUT2D eigenvalue weighted by atomic mass is 10.0. The van der Waals surface area contributed by atoms with E-state index in [0.29, 0.717) is 17.4 Å². The minimum absolute atomic E-state index is 0.148. The predicted octanol–water partition coefficient (Wildman–Crippen LogP) is 16.0. The van der Waals surface area contributed by atoms with Crippen LogP contribution in [0.5, 0.6) is 0 Å². The monoisotopic (exact) mass is 988 g/mol. The van der Waals surface area contributed by atoms with E-state index in [9.17, 15) is 19.5 Å². The number of esters is 2. The number of rotatable bonds is 55. The molecule has 0 aliphatic rings. The molecule has 2 atom stereocenters. The molecule has 0 amide bonds. The standard InChI is InChI=1S/C61H113NO8/c1-6-8-10-12-14-16-18-20-22-23-24-25-26-27-28-29-30-31-32-33-34-35-36-37-38-40-42-44-46-48-50-52-59(64)70-57(56-69-61(60(65)66)67-54-53-62(3,4)5)55-68-58(63)51-49-47-45-43-41-39-21-19-17-15-13-11-9-7-2/h18-21,23-24,57,61H,6-17,22,25-56H2,1-5H3/b20-18-,21-19-,24-23-. The fourth-order valence-corrected chi connectivity index (χ4v) is 8.50. The van der Waals surface area contributed by atoms with Crippen LogP contribution in [-0.4, -0.2) is 82.3 Å². The summed E-state index contributed by atoms with van der Waals surface area (Å²) in [5.74, 6) is -2.28. The number of carboxylic acid groups (broad SMARTS) is 1. The number of hydrogen-bond acceptors (Lipinski definition) is 8. The number of carbonyl (C=O) groups is 3. The minimum atomic E-state index is -1.62. The van der Waals surface area contributed by atoms with Gasteiger partial charge in [0.05, 0.1) is 40.3 Å². The SMILES string of the molecule is CCCCCCC/C=C\C/C=C\CCCCCCCCCCCCCCCCCCCCCC(=O)OC(COC(=O)CCCCCCC/C=C\CCCCCCC)COC(OCC[N+](C)(C)C)C(=O)[O-]. The summed E-state index contributed by atoms with van der Waals surface area (Å²) in [5.41, 5.74) is 0. The normalized spacial score (nSPS) is 13.0. The van der Waals surface area contributed by atoms with E-state index in [1.54, 1.807) is 0 Å². The Kier molecular flexibility index (Phi) is 50.9. The van der Waals surface area contributed by atoms with Crippen LogP contribution >= 0.6 is 0 Å². The van der Waals surface area contributed by atoms with Crippen LogP contribution in [0.3, 0.4) is 0 Å². The summed E-state index contributed by atoms with van der Waals surface area (Å²) >= 11 is 0. The van der Waals surface area contributed by atoms with Crippen molar-refractivity contribution in [3.8, 4) is 0 Å². The van der Waals surface area contributed by atoms with Crippen LogP contribution in [0.25, 0.3) is 0 Å². The molecule has 0 spiro atoms. The van der Waals surface area contributed by atoms with Crippen LogP contribution in [0.1, 0.15) is 277 Å². The average molecular weight is 989 g/mol. The maximum atomic E-state index is 12.9. The maximum absolute atomic E-state index is 12.9. The van der Waals surface area contributed by atoms with Gasteiger partial charge in [0.2, 0.25) is 0 Å². The Morgan fingerprint density at radius 1 is 0.429 bits per heavy atom. The maximum Gasteiger partial charge on any atom is 0.306 e.